The zero-order chi connectivity index (χ0) is 45.5. The van der Waals surface area contributed by atoms with Gasteiger partial charge in [0.15, 0.2) is 37.7 Å². The molecule has 362 valence electrons. The molecule has 6 heterocycles. The third-order valence-corrected chi connectivity index (χ3v) is 11.6. The molecular weight excluding hydrogens is 856 g/mol. The molecule has 0 bridgehead atoms. The summed E-state index contributed by atoms with van der Waals surface area (Å²) in [7, 11) is 0. The molecule has 28 heteroatoms. The van der Waals surface area contributed by atoms with Crippen LogP contribution in [0.3, 0.4) is 0 Å². The van der Waals surface area contributed by atoms with Crippen molar-refractivity contribution in [1.82, 2.24) is 0 Å². The fourth-order valence-corrected chi connectivity index (χ4v) is 7.87. The maximum atomic E-state index is 11.1. The van der Waals surface area contributed by atoms with Crippen LogP contribution in [0.1, 0.15) is 6.92 Å². The van der Waals surface area contributed by atoms with Crippen molar-refractivity contribution < 1.29 is 139 Å². The van der Waals surface area contributed by atoms with Crippen LogP contribution in [0.5, 0.6) is 0 Å². The molecule has 6 aliphatic heterocycles. The van der Waals surface area contributed by atoms with Crippen molar-refractivity contribution in [2.75, 3.05) is 33.0 Å². The SMILES string of the molecule is C[C@@H]1O[C@H](O[C@@H]2CO[C@@H](O)[C@H](O)[C@@H]2O)[C@H](O)[C@H](O)[C@H]1O[C@@H]1OC[C@@H](O[C@H]2O[C@@H](CO)[C@H](O[C@@H]3O[C@H](CO)[C@@H](O[C@@H]4O[C@H](CO)[C@H](O)[C@H](O)[C@@H]4O)[C@H](O)[C@@H]3O)[C@@H](O)[C@@H]2O)[C@H](O)[C@@H]1O. The van der Waals surface area contributed by atoms with E-state index in [-0.39, 0.29) is 0 Å². The summed E-state index contributed by atoms with van der Waals surface area (Å²) in [4.78, 5) is 0. The number of ether oxygens (including phenoxy) is 11. The Balaban J connectivity index is 1.02. The molecule has 17 N–H and O–H groups in total. The van der Waals surface area contributed by atoms with Gasteiger partial charge in [0.05, 0.1) is 39.1 Å². The fraction of sp³-hybridized carbons (Fsp3) is 1.00. The second-order valence-electron chi connectivity index (χ2n) is 15.8. The standard InChI is InChI=1S/C34H58O28/c1-7-26(17(42)23(48)31(54-7)58-11-5-52-29(51)20(45)14(11)39)60-30-21(46)15(40)12(6-53-30)59-32-24(49)18(43)27(9(3-36)56-32)62-34-25(50)19(44)28(10(4-37)57-34)61-33-22(47)16(41)13(38)8(2-35)55-33/h7-51H,2-6H2,1H3/t7-,8+,9-,10+,11+,12+,13-,14+,15-,16-,17-,18-,19+,20+,21-,22-,23+,24-,25-,26-,27-,28+,29+,30-,31+,32+,33-,34-/m0/s1. The fourth-order valence-electron chi connectivity index (χ4n) is 7.87. The first-order valence-electron chi connectivity index (χ1n) is 19.8. The summed E-state index contributed by atoms with van der Waals surface area (Å²) in [5.74, 6) is 0. The second kappa shape index (κ2) is 21.2. The Bertz CT molecular complexity index is 1380. The highest BCUT2D eigenvalue weighted by Crippen LogP contribution is 2.35. The Morgan fingerprint density at radius 1 is 0.355 bits per heavy atom. The maximum Gasteiger partial charge on any atom is 0.187 e. The second-order valence-corrected chi connectivity index (χ2v) is 15.8. The average Bonchev–Trinajstić information content (AvgIpc) is 3.25. The molecule has 6 fully saturated rings. The number of aliphatic hydroxyl groups excluding tert-OH is 17. The summed E-state index contributed by atoms with van der Waals surface area (Å²) in [5, 5.41) is 177. The van der Waals surface area contributed by atoms with Crippen LogP contribution < -0.4 is 0 Å². The minimum Gasteiger partial charge on any atom is -0.394 e. The molecule has 0 aromatic carbocycles. The van der Waals surface area contributed by atoms with Gasteiger partial charge in [0.2, 0.25) is 0 Å². The molecule has 62 heavy (non-hydrogen) atoms. The topological polar surface area (TPSA) is 445 Å². The van der Waals surface area contributed by atoms with Gasteiger partial charge in [-0.05, 0) is 6.92 Å². The van der Waals surface area contributed by atoms with Gasteiger partial charge < -0.3 is 139 Å². The van der Waals surface area contributed by atoms with E-state index in [1.807, 2.05) is 0 Å². The average molecular weight is 915 g/mol. The minimum atomic E-state index is -2.06. The Morgan fingerprint density at radius 2 is 0.726 bits per heavy atom. The van der Waals surface area contributed by atoms with Crippen LogP contribution in [0.2, 0.25) is 0 Å². The predicted molar refractivity (Wildman–Crippen MR) is 186 cm³/mol. The van der Waals surface area contributed by atoms with E-state index in [0.717, 1.165) is 0 Å². The van der Waals surface area contributed by atoms with Gasteiger partial charge in [-0.3, -0.25) is 0 Å². The van der Waals surface area contributed by atoms with Crippen LogP contribution in [0.15, 0.2) is 0 Å². The van der Waals surface area contributed by atoms with Crippen LogP contribution in [0, 0.1) is 0 Å². The summed E-state index contributed by atoms with van der Waals surface area (Å²) in [6.07, 6.45) is -48.2. The summed E-state index contributed by atoms with van der Waals surface area (Å²) >= 11 is 0. The number of rotatable bonds is 13. The quantitative estimate of drug-likeness (QED) is 0.0815. The molecule has 28 atom stereocenters. The van der Waals surface area contributed by atoms with Crippen LogP contribution in [0.25, 0.3) is 0 Å². The Kier molecular flexibility index (Phi) is 17.2. The molecule has 0 aromatic rings. The molecule has 0 aromatic heterocycles. The van der Waals surface area contributed by atoms with Gasteiger partial charge in [0.1, 0.15) is 128 Å². The monoisotopic (exact) mass is 914 g/mol. The Morgan fingerprint density at radius 3 is 1.23 bits per heavy atom. The molecule has 0 amide bonds. The van der Waals surface area contributed by atoms with Gasteiger partial charge in [0, 0.05) is 0 Å². The van der Waals surface area contributed by atoms with Gasteiger partial charge in [-0.2, -0.15) is 0 Å². The largest absolute Gasteiger partial charge is 0.394 e. The van der Waals surface area contributed by atoms with E-state index >= 15 is 0 Å². The third-order valence-electron chi connectivity index (χ3n) is 11.6. The summed E-state index contributed by atoms with van der Waals surface area (Å²) in [5.41, 5.74) is 0. The van der Waals surface area contributed by atoms with Crippen molar-refractivity contribution in [3.63, 3.8) is 0 Å². The lowest BCUT2D eigenvalue weighted by Gasteiger charge is -2.48. The van der Waals surface area contributed by atoms with Crippen molar-refractivity contribution >= 4 is 0 Å². The van der Waals surface area contributed by atoms with Crippen LogP contribution in [0.4, 0.5) is 0 Å². The van der Waals surface area contributed by atoms with Crippen LogP contribution in [-0.2, 0) is 52.1 Å². The molecule has 6 rings (SSSR count). The molecular formula is C34H58O28. The highest BCUT2D eigenvalue weighted by molar-refractivity contribution is 4.98. The first kappa shape index (κ1) is 50.3. The molecule has 6 saturated heterocycles. The van der Waals surface area contributed by atoms with Crippen molar-refractivity contribution in [2.24, 2.45) is 0 Å². The lowest BCUT2D eigenvalue weighted by molar-refractivity contribution is -0.387. The molecule has 0 spiro atoms. The summed E-state index contributed by atoms with van der Waals surface area (Å²) < 4.78 is 60.5. The number of aliphatic hydroxyl groups is 17. The van der Waals surface area contributed by atoms with Crippen LogP contribution >= 0.6 is 0 Å². The van der Waals surface area contributed by atoms with E-state index < -0.39 is 205 Å². The zero-order valence-electron chi connectivity index (χ0n) is 32.8. The van der Waals surface area contributed by atoms with Crippen molar-refractivity contribution in [3.05, 3.63) is 0 Å². The molecule has 0 radical (unpaired) electrons. The summed E-state index contributed by atoms with van der Waals surface area (Å²) in [6, 6.07) is 0. The zero-order valence-corrected chi connectivity index (χ0v) is 32.8. The van der Waals surface area contributed by atoms with Crippen molar-refractivity contribution in [3.8, 4) is 0 Å². The molecule has 0 unspecified atom stereocenters. The lowest BCUT2D eigenvalue weighted by atomic mass is 9.96. The Hall–Kier alpha value is -1.12. The van der Waals surface area contributed by atoms with Gasteiger partial charge in [-0.15, -0.1) is 0 Å². The van der Waals surface area contributed by atoms with Gasteiger partial charge in [0.25, 0.3) is 0 Å². The van der Waals surface area contributed by atoms with E-state index in [4.69, 9.17) is 52.1 Å². The third kappa shape index (κ3) is 10.2. The predicted octanol–water partition coefficient (Wildman–Crippen LogP) is -11.8. The van der Waals surface area contributed by atoms with Gasteiger partial charge in [-0.25, -0.2) is 0 Å². The van der Waals surface area contributed by atoms with Crippen LogP contribution in [-0.4, -0.2) is 292 Å². The van der Waals surface area contributed by atoms with E-state index in [2.05, 4.69) is 0 Å². The lowest BCUT2D eigenvalue weighted by Crippen LogP contribution is -2.67. The molecule has 0 saturated carbocycles. The van der Waals surface area contributed by atoms with E-state index in [1.54, 1.807) is 0 Å². The van der Waals surface area contributed by atoms with Crippen molar-refractivity contribution in [2.45, 2.75) is 179 Å². The first-order chi connectivity index (χ1) is 29.3. The maximum absolute atomic E-state index is 11.1. The smallest absolute Gasteiger partial charge is 0.187 e. The van der Waals surface area contributed by atoms with E-state index in [1.165, 1.54) is 6.92 Å². The van der Waals surface area contributed by atoms with Gasteiger partial charge in [-0.1, -0.05) is 0 Å². The summed E-state index contributed by atoms with van der Waals surface area (Å²) in [6.45, 7) is -2.24. The van der Waals surface area contributed by atoms with Crippen molar-refractivity contribution in [1.29, 1.82) is 0 Å². The number of hydrogen-bond acceptors (Lipinski definition) is 28. The molecule has 0 aliphatic carbocycles. The molecule has 6 aliphatic rings. The Labute approximate surface area is 350 Å². The normalized spacial score (nSPS) is 54.3. The van der Waals surface area contributed by atoms with E-state index in [9.17, 15) is 86.8 Å². The highest BCUT2D eigenvalue weighted by Gasteiger charge is 2.55. The highest BCUT2D eigenvalue weighted by atomic mass is 16.8. The number of hydrogen-bond donors (Lipinski definition) is 17. The van der Waals surface area contributed by atoms with E-state index in [0.29, 0.717) is 0 Å². The first-order valence-corrected chi connectivity index (χ1v) is 19.8. The molecule has 28 nitrogen and oxygen atoms in total. The minimum absolute atomic E-state index is 0.398. The van der Waals surface area contributed by atoms with Gasteiger partial charge >= 0.3 is 0 Å².